The molecule has 14 heavy (non-hydrogen) atoms. The number of benzene rings is 1. The molecule has 1 rings (SSSR count). The molecule has 0 spiro atoms. The Hall–Kier alpha value is -0.870. The molecule has 1 atom stereocenters. The van der Waals surface area contributed by atoms with Crippen molar-refractivity contribution in [1.82, 2.24) is 0 Å². The number of aliphatic hydroxyl groups excluding tert-OH is 1. The van der Waals surface area contributed by atoms with Crippen LogP contribution in [-0.2, 0) is 4.57 Å². The van der Waals surface area contributed by atoms with E-state index < -0.39 is 13.4 Å². The minimum atomic E-state index is -4.51. The van der Waals surface area contributed by atoms with Crippen LogP contribution in [-0.4, -0.2) is 22.0 Å². The topological polar surface area (TPSA) is 87.0 Å². The SMILES string of the molecule is COc1cccc(C(O)P(=O)(O)O)c1. The molecule has 6 heteroatoms. The molecule has 78 valence electrons. The van der Waals surface area contributed by atoms with Gasteiger partial charge in [-0.3, -0.25) is 4.57 Å². The van der Waals surface area contributed by atoms with Crippen LogP contribution in [0.5, 0.6) is 5.75 Å². The Morgan fingerprint density at radius 1 is 1.43 bits per heavy atom. The molecule has 0 aliphatic carbocycles. The summed E-state index contributed by atoms with van der Waals surface area (Å²) < 4.78 is 15.6. The summed E-state index contributed by atoms with van der Waals surface area (Å²) in [4.78, 5) is 17.4. The Kier molecular flexibility index (Phi) is 3.29. The quantitative estimate of drug-likeness (QED) is 0.655. The van der Waals surface area contributed by atoms with Crippen molar-refractivity contribution >= 4 is 7.60 Å². The third kappa shape index (κ3) is 2.56. The minimum absolute atomic E-state index is 0.137. The van der Waals surface area contributed by atoms with Gasteiger partial charge in [0.2, 0.25) is 0 Å². The van der Waals surface area contributed by atoms with Crippen LogP contribution in [0.15, 0.2) is 24.3 Å². The highest BCUT2D eigenvalue weighted by Gasteiger charge is 2.27. The Bertz CT molecular complexity index is 359. The van der Waals surface area contributed by atoms with Crippen LogP contribution < -0.4 is 4.74 Å². The van der Waals surface area contributed by atoms with Crippen LogP contribution in [0.3, 0.4) is 0 Å². The van der Waals surface area contributed by atoms with Crippen LogP contribution in [0.2, 0.25) is 0 Å². The van der Waals surface area contributed by atoms with Gasteiger partial charge < -0.3 is 19.6 Å². The van der Waals surface area contributed by atoms with Gasteiger partial charge >= 0.3 is 7.60 Å². The maximum absolute atomic E-state index is 10.7. The Morgan fingerprint density at radius 3 is 2.57 bits per heavy atom. The van der Waals surface area contributed by atoms with Gasteiger partial charge in [-0.05, 0) is 17.7 Å². The van der Waals surface area contributed by atoms with Gasteiger partial charge in [-0.1, -0.05) is 12.1 Å². The van der Waals surface area contributed by atoms with E-state index in [0.29, 0.717) is 5.75 Å². The van der Waals surface area contributed by atoms with E-state index in [9.17, 15) is 9.67 Å². The molecule has 0 radical (unpaired) electrons. The van der Waals surface area contributed by atoms with Gasteiger partial charge in [0.05, 0.1) is 7.11 Å². The lowest BCUT2D eigenvalue weighted by Crippen LogP contribution is -1.98. The van der Waals surface area contributed by atoms with Crippen molar-refractivity contribution in [3.8, 4) is 5.75 Å². The molecule has 0 amide bonds. The molecule has 0 aliphatic rings. The molecule has 3 N–H and O–H groups in total. The summed E-state index contributed by atoms with van der Waals surface area (Å²) in [5.74, 6) is -1.35. The van der Waals surface area contributed by atoms with E-state index in [2.05, 4.69) is 0 Å². The molecule has 0 bridgehead atoms. The van der Waals surface area contributed by atoms with Crippen molar-refractivity contribution in [3.63, 3.8) is 0 Å². The summed E-state index contributed by atoms with van der Waals surface area (Å²) in [7, 11) is -3.08. The van der Waals surface area contributed by atoms with Crippen molar-refractivity contribution in [3.05, 3.63) is 29.8 Å². The predicted octanol–water partition coefficient (Wildman–Crippen LogP) is 0.864. The van der Waals surface area contributed by atoms with Gasteiger partial charge in [0, 0.05) is 0 Å². The zero-order chi connectivity index (χ0) is 10.8. The molecular formula is C8H11O5P. The van der Waals surface area contributed by atoms with Gasteiger partial charge in [0.1, 0.15) is 5.75 Å². The lowest BCUT2D eigenvalue weighted by molar-refractivity contribution is 0.205. The standard InChI is InChI=1S/C8H11O5P/c1-13-7-4-2-3-6(5-7)8(9)14(10,11)12/h2-5,8-9H,1H3,(H2,10,11,12). The minimum Gasteiger partial charge on any atom is -0.497 e. The summed E-state index contributed by atoms with van der Waals surface area (Å²) >= 11 is 0. The predicted molar refractivity (Wildman–Crippen MR) is 50.0 cm³/mol. The Balaban J connectivity index is 3.01. The Morgan fingerprint density at radius 2 is 2.07 bits per heavy atom. The molecule has 0 fully saturated rings. The second-order valence-corrected chi connectivity index (χ2v) is 4.41. The fourth-order valence-electron chi connectivity index (χ4n) is 0.996. The van der Waals surface area contributed by atoms with E-state index in [0.717, 1.165) is 0 Å². The average molecular weight is 218 g/mol. The maximum atomic E-state index is 10.7. The molecule has 0 saturated carbocycles. The average Bonchev–Trinajstić information content (AvgIpc) is 2.15. The first kappa shape index (κ1) is 11.2. The van der Waals surface area contributed by atoms with Crippen molar-refractivity contribution in [2.45, 2.75) is 5.85 Å². The van der Waals surface area contributed by atoms with E-state index >= 15 is 0 Å². The summed E-state index contributed by atoms with van der Waals surface area (Å²) in [6.07, 6.45) is 0. The molecule has 1 unspecified atom stereocenters. The van der Waals surface area contributed by atoms with Crippen molar-refractivity contribution in [1.29, 1.82) is 0 Å². The zero-order valence-corrected chi connectivity index (χ0v) is 8.39. The fraction of sp³-hybridized carbons (Fsp3) is 0.250. The largest absolute Gasteiger partial charge is 0.497 e. The van der Waals surface area contributed by atoms with Gasteiger partial charge in [-0.2, -0.15) is 0 Å². The first-order chi connectivity index (χ1) is 6.45. The highest BCUT2D eigenvalue weighted by atomic mass is 31.2. The summed E-state index contributed by atoms with van der Waals surface area (Å²) in [6, 6.07) is 5.97. The second-order valence-electron chi connectivity index (χ2n) is 2.74. The summed E-state index contributed by atoms with van der Waals surface area (Å²) in [5, 5.41) is 9.26. The number of hydrogen-bond acceptors (Lipinski definition) is 3. The molecular weight excluding hydrogens is 207 g/mol. The maximum Gasteiger partial charge on any atom is 0.358 e. The van der Waals surface area contributed by atoms with Gasteiger partial charge in [0.15, 0.2) is 5.85 Å². The molecule has 0 aromatic heterocycles. The number of methoxy groups -OCH3 is 1. The van der Waals surface area contributed by atoms with Crippen molar-refractivity contribution < 1.29 is 24.2 Å². The van der Waals surface area contributed by atoms with Crippen molar-refractivity contribution in [2.75, 3.05) is 7.11 Å². The van der Waals surface area contributed by atoms with Gasteiger partial charge in [-0.15, -0.1) is 0 Å². The molecule has 1 aromatic carbocycles. The number of ether oxygens (including phenoxy) is 1. The zero-order valence-electron chi connectivity index (χ0n) is 7.49. The third-order valence-corrected chi connectivity index (χ3v) is 2.65. The lowest BCUT2D eigenvalue weighted by atomic mass is 10.2. The molecule has 0 saturated heterocycles. The molecule has 0 heterocycles. The molecule has 1 aromatic rings. The van der Waals surface area contributed by atoms with E-state index in [4.69, 9.17) is 14.5 Å². The summed E-state index contributed by atoms with van der Waals surface area (Å²) in [6.45, 7) is 0. The van der Waals surface area contributed by atoms with Gasteiger partial charge in [0.25, 0.3) is 0 Å². The normalized spacial score (nSPS) is 13.7. The lowest BCUT2D eigenvalue weighted by Gasteiger charge is -2.13. The van der Waals surface area contributed by atoms with Crippen LogP contribution >= 0.6 is 7.60 Å². The molecule has 5 nitrogen and oxygen atoms in total. The first-order valence-corrected chi connectivity index (χ1v) is 5.50. The van der Waals surface area contributed by atoms with E-state index in [-0.39, 0.29) is 5.56 Å². The van der Waals surface area contributed by atoms with E-state index in [1.807, 2.05) is 0 Å². The second kappa shape index (κ2) is 4.11. The first-order valence-electron chi connectivity index (χ1n) is 3.82. The van der Waals surface area contributed by atoms with Crippen LogP contribution in [0.25, 0.3) is 0 Å². The summed E-state index contributed by atoms with van der Waals surface area (Å²) in [5.41, 5.74) is 0.137. The number of rotatable bonds is 3. The third-order valence-electron chi connectivity index (χ3n) is 1.71. The molecule has 0 aliphatic heterocycles. The van der Waals surface area contributed by atoms with E-state index in [1.165, 1.54) is 19.2 Å². The smallest absolute Gasteiger partial charge is 0.358 e. The van der Waals surface area contributed by atoms with Crippen molar-refractivity contribution in [2.24, 2.45) is 0 Å². The Labute approximate surface area is 81.1 Å². The van der Waals surface area contributed by atoms with Gasteiger partial charge in [-0.25, -0.2) is 0 Å². The number of aliphatic hydroxyl groups is 1. The fourth-order valence-corrected chi connectivity index (χ4v) is 1.55. The highest BCUT2D eigenvalue weighted by Crippen LogP contribution is 2.50. The highest BCUT2D eigenvalue weighted by molar-refractivity contribution is 7.51. The monoisotopic (exact) mass is 218 g/mol. The van der Waals surface area contributed by atoms with E-state index in [1.54, 1.807) is 12.1 Å². The number of hydrogen-bond donors (Lipinski definition) is 3. The van der Waals surface area contributed by atoms with Crippen LogP contribution in [0, 0.1) is 0 Å². The van der Waals surface area contributed by atoms with Crippen LogP contribution in [0.4, 0.5) is 0 Å². The van der Waals surface area contributed by atoms with Crippen LogP contribution in [0.1, 0.15) is 11.4 Å².